The van der Waals surface area contributed by atoms with Gasteiger partial charge in [-0.3, -0.25) is 0 Å². The summed E-state index contributed by atoms with van der Waals surface area (Å²) in [5.41, 5.74) is 0.528. The van der Waals surface area contributed by atoms with Crippen LogP contribution >= 0.6 is 0 Å². The number of H-pyrrole nitrogens is 1. The molecule has 2 aromatic rings. The summed E-state index contributed by atoms with van der Waals surface area (Å²) in [4.78, 5) is 0.0752. The Morgan fingerprint density at radius 3 is 2.70 bits per heavy atom. The standard InChI is InChI=1S/C11H15N5O3S/c1-7(11-12-15-16-13-11)14-20(18,19)10-5-3-4-9(6-10)8(2)17/h3-8,14,17H,1-2H3,(H,12,13,15,16). The molecule has 0 radical (unpaired) electrons. The lowest BCUT2D eigenvalue weighted by Gasteiger charge is -2.12. The molecule has 0 aliphatic heterocycles. The van der Waals surface area contributed by atoms with E-state index in [2.05, 4.69) is 25.3 Å². The topological polar surface area (TPSA) is 121 Å². The van der Waals surface area contributed by atoms with Crippen molar-refractivity contribution in [1.29, 1.82) is 0 Å². The van der Waals surface area contributed by atoms with Gasteiger partial charge in [0.2, 0.25) is 10.0 Å². The van der Waals surface area contributed by atoms with Crippen LogP contribution < -0.4 is 4.72 Å². The Morgan fingerprint density at radius 2 is 2.10 bits per heavy atom. The van der Waals surface area contributed by atoms with E-state index < -0.39 is 22.2 Å². The first-order chi connectivity index (χ1) is 9.40. The number of sulfonamides is 1. The van der Waals surface area contributed by atoms with Crippen LogP contribution in [0.3, 0.4) is 0 Å². The van der Waals surface area contributed by atoms with E-state index in [4.69, 9.17) is 0 Å². The molecule has 0 saturated heterocycles. The SMILES string of the molecule is CC(O)c1cccc(S(=O)(=O)NC(C)c2nn[nH]n2)c1. The summed E-state index contributed by atoms with van der Waals surface area (Å²) in [5, 5.41) is 22.6. The van der Waals surface area contributed by atoms with Crippen molar-refractivity contribution in [2.24, 2.45) is 0 Å². The van der Waals surface area contributed by atoms with E-state index in [1.807, 2.05) is 0 Å². The maximum absolute atomic E-state index is 12.2. The smallest absolute Gasteiger partial charge is 0.241 e. The molecule has 3 N–H and O–H groups in total. The highest BCUT2D eigenvalue weighted by atomic mass is 32.2. The number of benzene rings is 1. The van der Waals surface area contributed by atoms with Crippen LogP contribution in [0.25, 0.3) is 0 Å². The summed E-state index contributed by atoms with van der Waals surface area (Å²) in [5.74, 6) is 0.250. The number of nitrogens with one attached hydrogen (secondary N) is 2. The summed E-state index contributed by atoms with van der Waals surface area (Å²) in [7, 11) is -3.72. The second-order valence-electron chi connectivity index (χ2n) is 4.36. The van der Waals surface area contributed by atoms with Gasteiger partial charge in [-0.05, 0) is 31.5 Å². The minimum absolute atomic E-state index is 0.0752. The van der Waals surface area contributed by atoms with Gasteiger partial charge in [0.25, 0.3) is 0 Å². The maximum Gasteiger partial charge on any atom is 0.241 e. The van der Waals surface area contributed by atoms with Gasteiger partial charge in [-0.2, -0.15) is 5.21 Å². The monoisotopic (exact) mass is 297 g/mol. The lowest BCUT2D eigenvalue weighted by Crippen LogP contribution is -2.27. The van der Waals surface area contributed by atoms with Gasteiger partial charge in [-0.15, -0.1) is 10.2 Å². The minimum Gasteiger partial charge on any atom is -0.389 e. The van der Waals surface area contributed by atoms with Gasteiger partial charge in [-0.1, -0.05) is 17.3 Å². The van der Waals surface area contributed by atoms with E-state index in [-0.39, 0.29) is 10.7 Å². The fourth-order valence-electron chi connectivity index (χ4n) is 1.65. The molecule has 2 unspecified atom stereocenters. The molecule has 2 rings (SSSR count). The van der Waals surface area contributed by atoms with Crippen molar-refractivity contribution in [2.75, 3.05) is 0 Å². The fraction of sp³-hybridized carbons (Fsp3) is 0.364. The predicted octanol–water partition coefficient (Wildman–Crippen LogP) is 0.292. The number of aromatic amines is 1. The number of tetrazole rings is 1. The molecule has 0 amide bonds. The van der Waals surface area contributed by atoms with Crippen LogP contribution in [0, 0.1) is 0 Å². The van der Waals surface area contributed by atoms with Crippen molar-refractivity contribution in [3.63, 3.8) is 0 Å². The quantitative estimate of drug-likeness (QED) is 0.729. The number of aliphatic hydroxyl groups excluding tert-OH is 1. The molecule has 0 bridgehead atoms. The molecule has 0 spiro atoms. The van der Waals surface area contributed by atoms with Crippen LogP contribution in [0.15, 0.2) is 29.2 Å². The van der Waals surface area contributed by atoms with Crippen LogP contribution in [0.2, 0.25) is 0 Å². The summed E-state index contributed by atoms with van der Waals surface area (Å²) < 4.78 is 26.9. The van der Waals surface area contributed by atoms with Crippen molar-refractivity contribution in [2.45, 2.75) is 30.9 Å². The van der Waals surface area contributed by atoms with Crippen molar-refractivity contribution < 1.29 is 13.5 Å². The second kappa shape index (κ2) is 5.65. The van der Waals surface area contributed by atoms with E-state index in [9.17, 15) is 13.5 Å². The Hall–Kier alpha value is -1.84. The molecule has 20 heavy (non-hydrogen) atoms. The molecule has 0 aliphatic carbocycles. The minimum atomic E-state index is -3.72. The summed E-state index contributed by atoms with van der Waals surface area (Å²) in [6, 6.07) is 5.50. The number of aliphatic hydroxyl groups is 1. The van der Waals surface area contributed by atoms with E-state index in [1.165, 1.54) is 12.1 Å². The van der Waals surface area contributed by atoms with Gasteiger partial charge in [0.15, 0.2) is 5.82 Å². The molecule has 1 aromatic carbocycles. The molecular formula is C11H15N5O3S. The van der Waals surface area contributed by atoms with Gasteiger partial charge in [0.1, 0.15) is 0 Å². The van der Waals surface area contributed by atoms with Crippen LogP contribution in [-0.2, 0) is 10.0 Å². The van der Waals surface area contributed by atoms with E-state index >= 15 is 0 Å². The number of aromatic nitrogens is 4. The van der Waals surface area contributed by atoms with E-state index in [1.54, 1.807) is 26.0 Å². The van der Waals surface area contributed by atoms with Crippen molar-refractivity contribution in [3.8, 4) is 0 Å². The zero-order chi connectivity index (χ0) is 14.8. The summed E-state index contributed by atoms with van der Waals surface area (Å²) in [6.07, 6.45) is -0.736. The van der Waals surface area contributed by atoms with Crippen LogP contribution in [-0.4, -0.2) is 34.1 Å². The molecule has 8 nitrogen and oxygen atoms in total. The Balaban J connectivity index is 2.24. The molecule has 9 heteroatoms. The Kier molecular flexibility index (Phi) is 4.12. The molecular weight excluding hydrogens is 282 g/mol. The van der Waals surface area contributed by atoms with Gasteiger partial charge in [-0.25, -0.2) is 13.1 Å². The highest BCUT2D eigenvalue weighted by molar-refractivity contribution is 7.89. The number of nitrogens with zero attached hydrogens (tertiary/aromatic N) is 3. The summed E-state index contributed by atoms with van der Waals surface area (Å²) >= 11 is 0. The fourth-order valence-corrected chi connectivity index (χ4v) is 2.90. The lowest BCUT2D eigenvalue weighted by molar-refractivity contribution is 0.199. The van der Waals surface area contributed by atoms with Gasteiger partial charge in [0, 0.05) is 0 Å². The first kappa shape index (κ1) is 14.6. The van der Waals surface area contributed by atoms with Crippen LogP contribution in [0.4, 0.5) is 0 Å². The largest absolute Gasteiger partial charge is 0.389 e. The third-order valence-corrected chi connectivity index (χ3v) is 4.27. The maximum atomic E-state index is 12.2. The zero-order valence-corrected chi connectivity index (χ0v) is 11.8. The lowest BCUT2D eigenvalue weighted by atomic mass is 10.1. The highest BCUT2D eigenvalue weighted by Crippen LogP contribution is 2.18. The van der Waals surface area contributed by atoms with Crippen LogP contribution in [0.1, 0.15) is 37.4 Å². The third-order valence-electron chi connectivity index (χ3n) is 2.73. The summed E-state index contributed by atoms with van der Waals surface area (Å²) in [6.45, 7) is 3.18. The molecule has 0 aliphatic rings. The second-order valence-corrected chi connectivity index (χ2v) is 6.08. The van der Waals surface area contributed by atoms with Gasteiger partial charge >= 0.3 is 0 Å². The van der Waals surface area contributed by atoms with E-state index in [0.717, 1.165) is 0 Å². The highest BCUT2D eigenvalue weighted by Gasteiger charge is 2.21. The van der Waals surface area contributed by atoms with E-state index in [0.29, 0.717) is 5.56 Å². The Bertz CT molecular complexity index is 669. The molecule has 1 aromatic heterocycles. The molecule has 108 valence electrons. The molecule has 1 heterocycles. The normalized spacial score (nSPS) is 14.9. The van der Waals surface area contributed by atoms with Crippen LogP contribution in [0.5, 0.6) is 0 Å². The Labute approximate surface area is 116 Å². The molecule has 2 atom stereocenters. The number of hydrogen-bond acceptors (Lipinski definition) is 6. The first-order valence-corrected chi connectivity index (χ1v) is 7.42. The number of hydrogen-bond donors (Lipinski definition) is 3. The zero-order valence-electron chi connectivity index (χ0n) is 11.0. The third kappa shape index (κ3) is 3.18. The van der Waals surface area contributed by atoms with Crippen molar-refractivity contribution in [3.05, 3.63) is 35.7 Å². The number of rotatable bonds is 5. The van der Waals surface area contributed by atoms with Gasteiger partial charge in [0.05, 0.1) is 17.0 Å². The average Bonchev–Trinajstić information content (AvgIpc) is 2.92. The van der Waals surface area contributed by atoms with Gasteiger partial charge < -0.3 is 5.11 Å². The first-order valence-electron chi connectivity index (χ1n) is 5.94. The van der Waals surface area contributed by atoms with Crippen molar-refractivity contribution >= 4 is 10.0 Å². The molecule has 0 saturated carbocycles. The predicted molar refractivity (Wildman–Crippen MR) is 70.0 cm³/mol. The average molecular weight is 297 g/mol. The molecule has 0 fully saturated rings. The Morgan fingerprint density at radius 1 is 1.35 bits per heavy atom. The van der Waals surface area contributed by atoms with Crippen molar-refractivity contribution in [1.82, 2.24) is 25.3 Å².